The van der Waals surface area contributed by atoms with Gasteiger partial charge in [-0.15, -0.1) is 0 Å². The molecule has 0 heterocycles. The van der Waals surface area contributed by atoms with Crippen LogP contribution >= 0.6 is 0 Å². The van der Waals surface area contributed by atoms with Gasteiger partial charge in [-0.3, -0.25) is 4.79 Å². The van der Waals surface area contributed by atoms with E-state index in [1.165, 1.54) is 12.0 Å². The third-order valence-electron chi connectivity index (χ3n) is 8.72. The van der Waals surface area contributed by atoms with Gasteiger partial charge in [-0.2, -0.15) is 0 Å². The van der Waals surface area contributed by atoms with E-state index >= 15 is 0 Å². The van der Waals surface area contributed by atoms with Gasteiger partial charge in [0.1, 0.15) is 5.78 Å². The normalized spacial score (nSPS) is 52.9. The number of allylic oxidation sites excluding steroid dienone is 1. The van der Waals surface area contributed by atoms with Gasteiger partial charge in [0.05, 0.1) is 6.10 Å². The molecule has 0 aromatic carbocycles. The molecule has 4 rings (SSSR count). The number of aliphatic hydroxyl groups excluding tert-OH is 1. The summed E-state index contributed by atoms with van der Waals surface area (Å²) in [6, 6.07) is 0. The first-order valence-electron chi connectivity index (χ1n) is 9.70. The summed E-state index contributed by atoms with van der Waals surface area (Å²) in [4.78, 5) is 12.6. The minimum absolute atomic E-state index is 0.0439. The molecule has 4 aliphatic rings. The molecule has 0 aromatic rings. The summed E-state index contributed by atoms with van der Waals surface area (Å²) in [5, 5.41) is 10.2. The molecule has 0 aliphatic heterocycles. The largest absolute Gasteiger partial charge is 0.393 e. The predicted octanol–water partition coefficient (Wildman–Crippen LogP) is 4.52. The van der Waals surface area contributed by atoms with E-state index in [0.717, 1.165) is 38.5 Å². The lowest BCUT2D eigenvalue weighted by atomic mass is 9.45. The molecule has 2 nitrogen and oxygen atoms in total. The summed E-state index contributed by atoms with van der Waals surface area (Å²) in [7, 11) is 0. The Morgan fingerprint density at radius 3 is 2.43 bits per heavy atom. The van der Waals surface area contributed by atoms with Crippen molar-refractivity contribution in [1.82, 2.24) is 0 Å². The van der Waals surface area contributed by atoms with Crippen LogP contribution < -0.4 is 0 Å². The third kappa shape index (κ3) is 1.94. The minimum atomic E-state index is -0.140. The zero-order valence-electron chi connectivity index (χ0n) is 15.2. The number of hydrogen-bond acceptors (Lipinski definition) is 2. The van der Waals surface area contributed by atoms with Crippen molar-refractivity contribution in [2.24, 2.45) is 34.5 Å². The number of ketones is 1. The summed E-state index contributed by atoms with van der Waals surface area (Å²) in [5.74, 6) is 3.08. The maximum atomic E-state index is 12.6. The van der Waals surface area contributed by atoms with Crippen LogP contribution in [0.25, 0.3) is 0 Å². The SMILES string of the molecule is CC1=C2CC(O)CC[C@]2(C)[C@@H]2CC[C@]3(C)C(=O)CC[C@H]3[C@@H]2C1C. The molecule has 0 aromatic heterocycles. The molecule has 7 atom stereocenters. The molecule has 0 spiro atoms. The Bertz CT molecular complexity index is 576. The highest BCUT2D eigenvalue weighted by Gasteiger charge is 2.60. The monoisotopic (exact) mass is 316 g/mol. The number of carbonyl (C=O) groups excluding carboxylic acids is 1. The van der Waals surface area contributed by atoms with Crippen molar-refractivity contribution in [2.45, 2.75) is 78.7 Å². The summed E-state index contributed by atoms with van der Waals surface area (Å²) >= 11 is 0. The summed E-state index contributed by atoms with van der Waals surface area (Å²) in [6.45, 7) is 9.45. The average Bonchev–Trinajstić information content (AvgIpc) is 2.82. The van der Waals surface area contributed by atoms with Crippen LogP contribution in [-0.2, 0) is 4.79 Å². The van der Waals surface area contributed by atoms with E-state index < -0.39 is 0 Å². The second kappa shape index (κ2) is 4.94. The molecule has 128 valence electrons. The molecule has 23 heavy (non-hydrogen) atoms. The van der Waals surface area contributed by atoms with Crippen LogP contribution in [0.4, 0.5) is 0 Å². The predicted molar refractivity (Wildman–Crippen MR) is 91.9 cm³/mol. The smallest absolute Gasteiger partial charge is 0.139 e. The highest BCUT2D eigenvalue weighted by molar-refractivity contribution is 5.87. The van der Waals surface area contributed by atoms with Gasteiger partial charge in [0.2, 0.25) is 0 Å². The van der Waals surface area contributed by atoms with E-state index in [2.05, 4.69) is 27.7 Å². The number of aliphatic hydroxyl groups is 1. The Hall–Kier alpha value is -0.630. The first-order chi connectivity index (χ1) is 10.8. The maximum absolute atomic E-state index is 12.6. The van der Waals surface area contributed by atoms with Crippen molar-refractivity contribution < 1.29 is 9.90 Å². The summed E-state index contributed by atoms with van der Waals surface area (Å²) in [5.41, 5.74) is 3.33. The fraction of sp³-hybridized carbons (Fsp3) is 0.857. The lowest BCUT2D eigenvalue weighted by molar-refractivity contribution is -0.133. The molecule has 1 N–H and O–H groups in total. The average molecular weight is 316 g/mol. The third-order valence-corrected chi connectivity index (χ3v) is 8.72. The maximum Gasteiger partial charge on any atom is 0.139 e. The topological polar surface area (TPSA) is 37.3 Å². The molecular weight excluding hydrogens is 284 g/mol. The van der Waals surface area contributed by atoms with Gasteiger partial charge in [0.25, 0.3) is 0 Å². The van der Waals surface area contributed by atoms with Crippen LogP contribution in [0, 0.1) is 34.5 Å². The van der Waals surface area contributed by atoms with Gasteiger partial charge >= 0.3 is 0 Å². The van der Waals surface area contributed by atoms with Crippen molar-refractivity contribution in [3.05, 3.63) is 11.1 Å². The highest BCUT2D eigenvalue weighted by Crippen LogP contribution is 2.66. The van der Waals surface area contributed by atoms with Crippen LogP contribution in [0.5, 0.6) is 0 Å². The summed E-state index contributed by atoms with van der Waals surface area (Å²) < 4.78 is 0. The number of rotatable bonds is 0. The Kier molecular flexibility index (Phi) is 3.41. The van der Waals surface area contributed by atoms with Crippen molar-refractivity contribution in [3.8, 4) is 0 Å². The van der Waals surface area contributed by atoms with Crippen LogP contribution in [0.1, 0.15) is 72.6 Å². The Morgan fingerprint density at radius 2 is 1.70 bits per heavy atom. The van der Waals surface area contributed by atoms with Crippen LogP contribution in [-0.4, -0.2) is 17.0 Å². The molecule has 0 amide bonds. The molecule has 3 saturated carbocycles. The molecule has 2 unspecified atom stereocenters. The zero-order chi connectivity index (χ0) is 16.6. The quantitative estimate of drug-likeness (QED) is 0.667. The number of hydrogen-bond donors (Lipinski definition) is 1. The highest BCUT2D eigenvalue weighted by atomic mass is 16.3. The molecule has 2 heteroatoms. The van der Waals surface area contributed by atoms with Crippen molar-refractivity contribution >= 4 is 5.78 Å². The lowest BCUT2D eigenvalue weighted by Crippen LogP contribution is -2.53. The van der Waals surface area contributed by atoms with Crippen LogP contribution in [0.3, 0.4) is 0 Å². The molecule has 3 fully saturated rings. The fourth-order valence-corrected chi connectivity index (χ4v) is 7.18. The van der Waals surface area contributed by atoms with Crippen molar-refractivity contribution in [2.75, 3.05) is 0 Å². The number of carbonyl (C=O) groups is 1. The second-order valence-electron chi connectivity index (χ2n) is 9.47. The Morgan fingerprint density at radius 1 is 1.04 bits per heavy atom. The van der Waals surface area contributed by atoms with Gasteiger partial charge < -0.3 is 5.11 Å². The first-order valence-corrected chi connectivity index (χ1v) is 9.70. The molecule has 0 radical (unpaired) electrons. The van der Waals surface area contributed by atoms with E-state index in [4.69, 9.17) is 0 Å². The van der Waals surface area contributed by atoms with E-state index in [0.29, 0.717) is 29.5 Å². The van der Waals surface area contributed by atoms with E-state index in [9.17, 15) is 9.90 Å². The molecule has 0 saturated heterocycles. The Balaban J connectivity index is 1.80. The number of fused-ring (bicyclic) bond motifs is 5. The standard InChI is InChI=1S/C21H32O2/c1-12-13(2)19-15-5-6-18(23)21(15,4)10-8-16(19)20(3)9-7-14(22)11-17(12)20/h13-16,19,22H,5-11H2,1-4H3/t13?,14?,15-,16+,19-,20+,21-/m0/s1. The van der Waals surface area contributed by atoms with Crippen LogP contribution in [0.2, 0.25) is 0 Å². The molecule has 4 aliphatic carbocycles. The fourth-order valence-electron chi connectivity index (χ4n) is 7.18. The van der Waals surface area contributed by atoms with Crippen molar-refractivity contribution in [3.63, 3.8) is 0 Å². The van der Waals surface area contributed by atoms with E-state index in [-0.39, 0.29) is 16.9 Å². The van der Waals surface area contributed by atoms with Gasteiger partial charge in [-0.25, -0.2) is 0 Å². The minimum Gasteiger partial charge on any atom is -0.393 e. The zero-order valence-corrected chi connectivity index (χ0v) is 15.2. The van der Waals surface area contributed by atoms with Gasteiger partial charge in [-0.05, 0) is 74.5 Å². The van der Waals surface area contributed by atoms with Crippen LogP contribution in [0.15, 0.2) is 11.1 Å². The molecule has 0 bridgehead atoms. The van der Waals surface area contributed by atoms with E-state index in [1.54, 1.807) is 5.57 Å². The van der Waals surface area contributed by atoms with Gasteiger partial charge in [0, 0.05) is 11.8 Å². The molecular formula is C21H32O2. The first kappa shape index (κ1) is 15.9. The van der Waals surface area contributed by atoms with Crippen molar-refractivity contribution in [1.29, 1.82) is 0 Å². The lowest BCUT2D eigenvalue weighted by Gasteiger charge is -2.60. The van der Waals surface area contributed by atoms with Gasteiger partial charge in [-0.1, -0.05) is 31.9 Å². The number of Topliss-reactive ketones (excluding diaryl/α,β-unsaturated/α-hetero) is 1. The van der Waals surface area contributed by atoms with Gasteiger partial charge in [0.15, 0.2) is 0 Å². The summed E-state index contributed by atoms with van der Waals surface area (Å²) in [6.07, 6.45) is 7.05. The van der Waals surface area contributed by atoms with E-state index in [1.807, 2.05) is 0 Å². The Labute approximate surface area is 140 Å². The second-order valence-corrected chi connectivity index (χ2v) is 9.47.